The SMILES string of the molecule is COCCNCCNC(=O)[C@H]1CCC[C@H](C)C1. The molecule has 0 aliphatic heterocycles. The van der Waals surface area contributed by atoms with Crippen molar-refractivity contribution in [3.8, 4) is 0 Å². The van der Waals surface area contributed by atoms with Crippen LogP contribution in [0.15, 0.2) is 0 Å². The monoisotopic (exact) mass is 242 g/mol. The topological polar surface area (TPSA) is 50.4 Å². The molecule has 2 N–H and O–H groups in total. The Morgan fingerprint density at radius 2 is 2.12 bits per heavy atom. The summed E-state index contributed by atoms with van der Waals surface area (Å²) < 4.78 is 4.93. The highest BCUT2D eigenvalue weighted by Gasteiger charge is 2.24. The fraction of sp³-hybridized carbons (Fsp3) is 0.923. The van der Waals surface area contributed by atoms with Gasteiger partial charge in [0.25, 0.3) is 0 Å². The van der Waals surface area contributed by atoms with Crippen LogP contribution in [0, 0.1) is 11.8 Å². The Labute approximate surface area is 104 Å². The van der Waals surface area contributed by atoms with Gasteiger partial charge in [-0.3, -0.25) is 4.79 Å². The fourth-order valence-corrected chi connectivity index (χ4v) is 2.39. The van der Waals surface area contributed by atoms with Crippen molar-refractivity contribution < 1.29 is 9.53 Å². The van der Waals surface area contributed by atoms with Crippen LogP contribution >= 0.6 is 0 Å². The Balaban J connectivity index is 2.04. The van der Waals surface area contributed by atoms with E-state index in [1.807, 2.05) is 0 Å². The summed E-state index contributed by atoms with van der Waals surface area (Å²) in [5, 5.41) is 6.22. The van der Waals surface area contributed by atoms with Gasteiger partial charge in [-0.1, -0.05) is 19.8 Å². The Morgan fingerprint density at radius 1 is 1.29 bits per heavy atom. The van der Waals surface area contributed by atoms with Crippen molar-refractivity contribution in [2.75, 3.05) is 33.4 Å². The van der Waals surface area contributed by atoms with E-state index in [9.17, 15) is 4.79 Å². The number of nitrogens with one attached hydrogen (secondary N) is 2. The maximum Gasteiger partial charge on any atom is 0.223 e. The van der Waals surface area contributed by atoms with Crippen molar-refractivity contribution in [1.82, 2.24) is 10.6 Å². The van der Waals surface area contributed by atoms with Crippen LogP contribution in [0.1, 0.15) is 32.6 Å². The first-order chi connectivity index (χ1) is 8.24. The highest BCUT2D eigenvalue weighted by Crippen LogP contribution is 2.28. The van der Waals surface area contributed by atoms with E-state index in [1.165, 1.54) is 12.8 Å². The molecule has 0 spiro atoms. The third kappa shape index (κ3) is 6.03. The third-order valence-corrected chi connectivity index (χ3v) is 3.39. The largest absolute Gasteiger partial charge is 0.383 e. The quantitative estimate of drug-likeness (QED) is 0.659. The van der Waals surface area contributed by atoms with Gasteiger partial charge in [0.15, 0.2) is 0 Å². The van der Waals surface area contributed by atoms with Crippen molar-refractivity contribution in [1.29, 1.82) is 0 Å². The average molecular weight is 242 g/mol. The number of rotatable bonds is 7. The maximum atomic E-state index is 11.9. The summed E-state index contributed by atoms with van der Waals surface area (Å²) >= 11 is 0. The first kappa shape index (κ1) is 14.5. The van der Waals surface area contributed by atoms with Gasteiger partial charge in [0.05, 0.1) is 6.61 Å². The van der Waals surface area contributed by atoms with Gasteiger partial charge >= 0.3 is 0 Å². The van der Waals surface area contributed by atoms with Crippen molar-refractivity contribution in [3.05, 3.63) is 0 Å². The third-order valence-electron chi connectivity index (χ3n) is 3.39. The molecule has 0 bridgehead atoms. The minimum absolute atomic E-state index is 0.241. The predicted molar refractivity (Wildman–Crippen MR) is 68.9 cm³/mol. The predicted octanol–water partition coefficient (Wildman–Crippen LogP) is 1.16. The number of ether oxygens (including phenoxy) is 1. The zero-order chi connectivity index (χ0) is 12.5. The number of carbonyl (C=O) groups is 1. The van der Waals surface area contributed by atoms with E-state index in [0.29, 0.717) is 19.1 Å². The molecule has 0 unspecified atom stereocenters. The molecule has 0 aromatic heterocycles. The lowest BCUT2D eigenvalue weighted by atomic mass is 9.82. The van der Waals surface area contributed by atoms with Crippen LogP contribution in [0.4, 0.5) is 0 Å². The molecule has 1 rings (SSSR count). The summed E-state index contributed by atoms with van der Waals surface area (Å²) in [5.74, 6) is 1.20. The van der Waals surface area contributed by atoms with Crippen LogP contribution in [0.2, 0.25) is 0 Å². The Hall–Kier alpha value is -0.610. The molecule has 1 aliphatic carbocycles. The highest BCUT2D eigenvalue weighted by molar-refractivity contribution is 5.78. The van der Waals surface area contributed by atoms with Gasteiger partial charge in [0.2, 0.25) is 5.91 Å². The standard InChI is InChI=1S/C13H26N2O2/c1-11-4-3-5-12(10-11)13(16)15-7-6-14-8-9-17-2/h11-12,14H,3-10H2,1-2H3,(H,15,16)/t11-,12-/m0/s1. The number of hydrogen-bond acceptors (Lipinski definition) is 3. The fourth-order valence-electron chi connectivity index (χ4n) is 2.39. The van der Waals surface area contributed by atoms with Crippen LogP contribution in [-0.4, -0.2) is 39.3 Å². The summed E-state index contributed by atoms with van der Waals surface area (Å²) in [6.45, 7) is 5.33. The van der Waals surface area contributed by atoms with Gasteiger partial charge in [0, 0.05) is 32.7 Å². The lowest BCUT2D eigenvalue weighted by Gasteiger charge is -2.25. The lowest BCUT2D eigenvalue weighted by Crippen LogP contribution is -2.38. The Bertz CT molecular complexity index is 221. The molecule has 0 aromatic rings. The van der Waals surface area contributed by atoms with Crippen molar-refractivity contribution in [2.45, 2.75) is 32.6 Å². The van der Waals surface area contributed by atoms with Crippen LogP contribution in [-0.2, 0) is 9.53 Å². The molecule has 0 radical (unpaired) electrons. The molecular formula is C13H26N2O2. The van der Waals surface area contributed by atoms with Crippen LogP contribution < -0.4 is 10.6 Å². The molecule has 100 valence electrons. The molecule has 4 heteroatoms. The van der Waals surface area contributed by atoms with Gasteiger partial charge in [-0.25, -0.2) is 0 Å². The van der Waals surface area contributed by atoms with Crippen LogP contribution in [0.25, 0.3) is 0 Å². The molecule has 0 saturated heterocycles. The molecule has 1 saturated carbocycles. The smallest absolute Gasteiger partial charge is 0.223 e. The zero-order valence-electron chi connectivity index (χ0n) is 11.1. The average Bonchev–Trinajstić information content (AvgIpc) is 2.33. The minimum atomic E-state index is 0.241. The lowest BCUT2D eigenvalue weighted by molar-refractivity contribution is -0.126. The van der Waals surface area contributed by atoms with Gasteiger partial charge in [0.1, 0.15) is 0 Å². The van der Waals surface area contributed by atoms with E-state index >= 15 is 0 Å². The molecule has 2 atom stereocenters. The second-order valence-corrected chi connectivity index (χ2v) is 5.00. The molecule has 17 heavy (non-hydrogen) atoms. The number of amides is 1. The summed E-state index contributed by atoms with van der Waals surface area (Å²) in [5.41, 5.74) is 0. The molecule has 1 fully saturated rings. The van der Waals surface area contributed by atoms with E-state index < -0.39 is 0 Å². The minimum Gasteiger partial charge on any atom is -0.383 e. The second-order valence-electron chi connectivity index (χ2n) is 5.00. The van der Waals surface area contributed by atoms with Crippen molar-refractivity contribution in [3.63, 3.8) is 0 Å². The normalized spacial score (nSPS) is 24.6. The van der Waals surface area contributed by atoms with Gasteiger partial charge in [-0.05, 0) is 18.8 Å². The summed E-state index contributed by atoms with van der Waals surface area (Å²) in [4.78, 5) is 11.9. The highest BCUT2D eigenvalue weighted by atomic mass is 16.5. The van der Waals surface area contributed by atoms with Crippen LogP contribution in [0.5, 0.6) is 0 Å². The molecule has 4 nitrogen and oxygen atoms in total. The van der Waals surface area contributed by atoms with E-state index in [1.54, 1.807) is 7.11 Å². The van der Waals surface area contributed by atoms with Gasteiger partial charge < -0.3 is 15.4 Å². The molecule has 0 heterocycles. The molecule has 1 amide bonds. The van der Waals surface area contributed by atoms with E-state index in [-0.39, 0.29) is 11.8 Å². The maximum absolute atomic E-state index is 11.9. The van der Waals surface area contributed by atoms with Crippen molar-refractivity contribution >= 4 is 5.91 Å². The Kier molecular flexibility index (Phi) is 7.21. The Morgan fingerprint density at radius 3 is 2.82 bits per heavy atom. The molecule has 1 aliphatic rings. The van der Waals surface area contributed by atoms with E-state index in [4.69, 9.17) is 4.74 Å². The molecule has 0 aromatic carbocycles. The number of carbonyl (C=O) groups excluding carboxylic acids is 1. The number of hydrogen-bond donors (Lipinski definition) is 2. The zero-order valence-corrected chi connectivity index (χ0v) is 11.1. The molecular weight excluding hydrogens is 216 g/mol. The van der Waals surface area contributed by atoms with Crippen molar-refractivity contribution in [2.24, 2.45) is 11.8 Å². The first-order valence-corrected chi connectivity index (χ1v) is 6.71. The van der Waals surface area contributed by atoms with Gasteiger partial charge in [-0.2, -0.15) is 0 Å². The van der Waals surface area contributed by atoms with Crippen LogP contribution in [0.3, 0.4) is 0 Å². The second kappa shape index (κ2) is 8.48. The van der Waals surface area contributed by atoms with E-state index in [2.05, 4.69) is 17.6 Å². The number of methoxy groups -OCH3 is 1. The first-order valence-electron chi connectivity index (χ1n) is 6.71. The van der Waals surface area contributed by atoms with E-state index in [0.717, 1.165) is 25.9 Å². The summed E-state index contributed by atoms with van der Waals surface area (Å²) in [7, 11) is 1.69. The summed E-state index contributed by atoms with van der Waals surface area (Å²) in [6, 6.07) is 0. The summed E-state index contributed by atoms with van der Waals surface area (Å²) in [6.07, 6.45) is 4.60. The van der Waals surface area contributed by atoms with Gasteiger partial charge in [-0.15, -0.1) is 0 Å².